The zero-order valence-electron chi connectivity index (χ0n) is 10.2. The number of nitrogens with one attached hydrogen (secondary N) is 1. The Balaban J connectivity index is 2.23. The van der Waals surface area contributed by atoms with Crippen molar-refractivity contribution < 1.29 is 16.8 Å². The maximum atomic E-state index is 11.4. The SMILES string of the molecule is CCS(=O)(=O)CCCNC1CCCS(=O)(=O)C1. The van der Waals surface area contributed by atoms with Crippen molar-refractivity contribution in [2.45, 2.75) is 32.2 Å². The zero-order chi connectivity index (χ0) is 12.9. The predicted molar refractivity (Wildman–Crippen MR) is 68.6 cm³/mol. The summed E-state index contributed by atoms with van der Waals surface area (Å²) in [6.07, 6.45) is 2.11. The van der Waals surface area contributed by atoms with E-state index in [0.29, 0.717) is 19.4 Å². The summed E-state index contributed by atoms with van der Waals surface area (Å²) in [7, 11) is -5.79. The van der Waals surface area contributed by atoms with Crippen LogP contribution in [0.3, 0.4) is 0 Å². The Labute approximate surface area is 104 Å². The monoisotopic (exact) mass is 283 g/mol. The Kier molecular flexibility index (Phi) is 5.40. The first-order valence-corrected chi connectivity index (χ1v) is 9.63. The Morgan fingerprint density at radius 2 is 2.06 bits per heavy atom. The van der Waals surface area contributed by atoms with Gasteiger partial charge in [-0.25, -0.2) is 16.8 Å². The lowest BCUT2D eigenvalue weighted by molar-refractivity contribution is 0.480. The van der Waals surface area contributed by atoms with Gasteiger partial charge in [0.1, 0.15) is 9.84 Å². The third-order valence-corrected chi connectivity index (χ3v) is 6.58. The maximum absolute atomic E-state index is 11.4. The summed E-state index contributed by atoms with van der Waals surface area (Å²) >= 11 is 0. The molecule has 1 atom stereocenters. The second-order valence-electron chi connectivity index (χ2n) is 4.50. The van der Waals surface area contributed by atoms with Gasteiger partial charge in [-0.3, -0.25) is 0 Å². The topological polar surface area (TPSA) is 80.3 Å². The first-order chi connectivity index (χ1) is 7.85. The fourth-order valence-electron chi connectivity index (χ4n) is 1.93. The van der Waals surface area contributed by atoms with Gasteiger partial charge in [-0.05, 0) is 25.8 Å². The Morgan fingerprint density at radius 1 is 1.35 bits per heavy atom. The third-order valence-electron chi connectivity index (χ3n) is 2.97. The molecule has 0 bridgehead atoms. The molecule has 17 heavy (non-hydrogen) atoms. The van der Waals surface area contributed by atoms with E-state index in [4.69, 9.17) is 0 Å². The highest BCUT2D eigenvalue weighted by Gasteiger charge is 2.23. The highest BCUT2D eigenvalue weighted by molar-refractivity contribution is 7.91. The smallest absolute Gasteiger partial charge is 0.151 e. The van der Waals surface area contributed by atoms with Crippen LogP contribution in [0.25, 0.3) is 0 Å². The number of hydrogen-bond donors (Lipinski definition) is 1. The standard InChI is InChI=1S/C10H21NO4S2/c1-2-16(12,13)8-4-6-11-10-5-3-7-17(14,15)9-10/h10-11H,2-9H2,1H3. The first kappa shape index (κ1) is 14.9. The highest BCUT2D eigenvalue weighted by atomic mass is 32.2. The average Bonchev–Trinajstić information content (AvgIpc) is 2.23. The van der Waals surface area contributed by atoms with Crippen LogP contribution in [0, 0.1) is 0 Å². The molecule has 1 aliphatic heterocycles. The van der Waals surface area contributed by atoms with E-state index in [1.165, 1.54) is 0 Å². The summed E-state index contributed by atoms with van der Waals surface area (Å²) in [5.74, 6) is 0.823. The number of rotatable bonds is 6. The van der Waals surface area contributed by atoms with Crippen molar-refractivity contribution in [3.8, 4) is 0 Å². The number of sulfone groups is 2. The van der Waals surface area contributed by atoms with Crippen LogP contribution in [0.2, 0.25) is 0 Å². The quantitative estimate of drug-likeness (QED) is 0.693. The zero-order valence-corrected chi connectivity index (χ0v) is 11.8. The molecule has 1 rings (SSSR count). The summed E-state index contributed by atoms with van der Waals surface area (Å²) < 4.78 is 45.2. The Morgan fingerprint density at radius 3 is 2.65 bits per heavy atom. The van der Waals surface area contributed by atoms with E-state index < -0.39 is 19.7 Å². The van der Waals surface area contributed by atoms with Crippen molar-refractivity contribution >= 4 is 19.7 Å². The molecule has 0 saturated carbocycles. The molecule has 1 heterocycles. The second-order valence-corrected chi connectivity index (χ2v) is 9.20. The van der Waals surface area contributed by atoms with Gasteiger partial charge >= 0.3 is 0 Å². The summed E-state index contributed by atoms with van der Waals surface area (Å²) in [4.78, 5) is 0. The van der Waals surface area contributed by atoms with Gasteiger partial charge in [-0.1, -0.05) is 6.92 Å². The molecule has 0 aromatic heterocycles. The molecule has 0 spiro atoms. The fourth-order valence-corrected chi connectivity index (χ4v) is 4.47. The molecule has 102 valence electrons. The summed E-state index contributed by atoms with van der Waals surface area (Å²) in [5.41, 5.74) is 0. The van der Waals surface area contributed by atoms with Crippen LogP contribution in [-0.4, -0.2) is 52.4 Å². The van der Waals surface area contributed by atoms with Crippen molar-refractivity contribution in [2.24, 2.45) is 0 Å². The molecule has 1 N–H and O–H groups in total. The highest BCUT2D eigenvalue weighted by Crippen LogP contribution is 2.11. The fraction of sp³-hybridized carbons (Fsp3) is 1.00. The van der Waals surface area contributed by atoms with E-state index in [1.807, 2.05) is 0 Å². The van der Waals surface area contributed by atoms with Crippen LogP contribution < -0.4 is 5.32 Å². The first-order valence-electron chi connectivity index (χ1n) is 5.99. The van der Waals surface area contributed by atoms with Crippen LogP contribution in [0.5, 0.6) is 0 Å². The minimum atomic E-state index is -2.90. The molecule has 0 amide bonds. The van der Waals surface area contributed by atoms with Gasteiger partial charge in [0.2, 0.25) is 0 Å². The van der Waals surface area contributed by atoms with Crippen LogP contribution >= 0.6 is 0 Å². The van der Waals surface area contributed by atoms with Gasteiger partial charge in [0, 0.05) is 11.8 Å². The lowest BCUT2D eigenvalue weighted by Crippen LogP contribution is -2.40. The minimum absolute atomic E-state index is 0.00178. The molecule has 0 radical (unpaired) electrons. The molecule has 1 fully saturated rings. The van der Waals surface area contributed by atoms with Crippen molar-refractivity contribution in [1.29, 1.82) is 0 Å². The molecule has 5 nitrogen and oxygen atoms in total. The third kappa shape index (κ3) is 5.83. The molecule has 1 unspecified atom stereocenters. The second kappa shape index (κ2) is 6.15. The normalized spacial score (nSPS) is 24.6. The average molecular weight is 283 g/mol. The Bertz CT molecular complexity index is 427. The van der Waals surface area contributed by atoms with Crippen LogP contribution in [0.1, 0.15) is 26.2 Å². The van der Waals surface area contributed by atoms with Crippen LogP contribution in [0.15, 0.2) is 0 Å². The molecule has 1 saturated heterocycles. The van der Waals surface area contributed by atoms with Gasteiger partial charge < -0.3 is 5.32 Å². The molecule has 7 heteroatoms. The van der Waals surface area contributed by atoms with Gasteiger partial charge in [0.05, 0.1) is 17.3 Å². The van der Waals surface area contributed by atoms with E-state index in [1.54, 1.807) is 6.92 Å². The van der Waals surface area contributed by atoms with Crippen molar-refractivity contribution in [2.75, 3.05) is 29.6 Å². The van der Waals surface area contributed by atoms with E-state index in [0.717, 1.165) is 6.42 Å². The lowest BCUT2D eigenvalue weighted by atomic mass is 10.2. The molecule has 0 aromatic carbocycles. The molecule has 0 aliphatic carbocycles. The van der Waals surface area contributed by atoms with Crippen LogP contribution in [0.4, 0.5) is 0 Å². The van der Waals surface area contributed by atoms with Gasteiger partial charge in [-0.2, -0.15) is 0 Å². The van der Waals surface area contributed by atoms with Gasteiger partial charge in [0.15, 0.2) is 9.84 Å². The predicted octanol–water partition coefficient (Wildman–Crippen LogP) is -0.0220. The number of hydrogen-bond acceptors (Lipinski definition) is 5. The minimum Gasteiger partial charge on any atom is -0.313 e. The summed E-state index contributed by atoms with van der Waals surface area (Å²) in [6, 6.07) is -0.00178. The maximum Gasteiger partial charge on any atom is 0.151 e. The summed E-state index contributed by atoms with van der Waals surface area (Å²) in [5, 5.41) is 3.13. The Hall–Kier alpha value is -0.140. The summed E-state index contributed by atoms with van der Waals surface area (Å²) in [6.45, 7) is 2.20. The molecule has 0 aromatic rings. The van der Waals surface area contributed by atoms with E-state index >= 15 is 0 Å². The largest absolute Gasteiger partial charge is 0.313 e. The van der Waals surface area contributed by atoms with Crippen molar-refractivity contribution in [3.63, 3.8) is 0 Å². The van der Waals surface area contributed by atoms with E-state index in [9.17, 15) is 16.8 Å². The van der Waals surface area contributed by atoms with Crippen LogP contribution in [-0.2, 0) is 19.7 Å². The van der Waals surface area contributed by atoms with Gasteiger partial charge in [0.25, 0.3) is 0 Å². The lowest BCUT2D eigenvalue weighted by Gasteiger charge is -2.22. The van der Waals surface area contributed by atoms with E-state index in [2.05, 4.69) is 5.32 Å². The van der Waals surface area contributed by atoms with Crippen molar-refractivity contribution in [1.82, 2.24) is 5.32 Å². The van der Waals surface area contributed by atoms with E-state index in [-0.39, 0.29) is 29.1 Å². The van der Waals surface area contributed by atoms with Gasteiger partial charge in [-0.15, -0.1) is 0 Å². The molecular formula is C10H21NO4S2. The molecule has 1 aliphatic rings. The van der Waals surface area contributed by atoms with Crippen molar-refractivity contribution in [3.05, 3.63) is 0 Å². The molecular weight excluding hydrogens is 262 g/mol.